The molecule has 1 atom stereocenters. The lowest BCUT2D eigenvalue weighted by molar-refractivity contribution is 0.718. The summed E-state index contributed by atoms with van der Waals surface area (Å²) in [5.41, 5.74) is 0. The molecule has 0 spiro atoms. The number of rotatable bonds is 2. The van der Waals surface area contributed by atoms with Gasteiger partial charge >= 0.3 is 0 Å². The van der Waals surface area contributed by atoms with E-state index in [9.17, 15) is 0 Å². The number of amidine groups is 1. The highest BCUT2D eigenvalue weighted by Crippen LogP contribution is 2.03. The molecular formula is C7H14N2. The van der Waals surface area contributed by atoms with Gasteiger partial charge in [0.2, 0.25) is 0 Å². The molecule has 0 saturated heterocycles. The van der Waals surface area contributed by atoms with Crippen LogP contribution in [-0.4, -0.2) is 18.9 Å². The number of hydrogen-bond donors (Lipinski definition) is 1. The minimum Gasteiger partial charge on any atom is -0.372 e. The fraction of sp³-hybridized carbons (Fsp3) is 0.857. The van der Waals surface area contributed by atoms with Crippen molar-refractivity contribution in [1.82, 2.24) is 5.32 Å². The molecule has 1 unspecified atom stereocenters. The van der Waals surface area contributed by atoms with E-state index in [2.05, 4.69) is 24.2 Å². The molecule has 0 fully saturated rings. The van der Waals surface area contributed by atoms with Crippen LogP contribution in [0.15, 0.2) is 4.99 Å². The van der Waals surface area contributed by atoms with Crippen LogP contribution < -0.4 is 5.32 Å². The average Bonchev–Trinajstić information content (AvgIpc) is 2.37. The molecule has 1 rings (SSSR count). The first kappa shape index (κ1) is 6.59. The highest BCUT2D eigenvalue weighted by atomic mass is 15.1. The smallest absolute Gasteiger partial charge is 0.0992 e. The molecule has 0 aromatic carbocycles. The van der Waals surface area contributed by atoms with Crippen molar-refractivity contribution in [3.8, 4) is 0 Å². The first-order valence-electron chi connectivity index (χ1n) is 3.62. The average molecular weight is 126 g/mol. The molecule has 9 heavy (non-hydrogen) atoms. The van der Waals surface area contributed by atoms with Gasteiger partial charge in [-0.2, -0.15) is 0 Å². The summed E-state index contributed by atoms with van der Waals surface area (Å²) in [6, 6.07) is 0. The van der Waals surface area contributed by atoms with Crippen LogP contribution in [0.5, 0.6) is 0 Å². The summed E-state index contributed by atoms with van der Waals surface area (Å²) in [5.74, 6) is 1.84. The Hall–Kier alpha value is -0.530. The molecule has 52 valence electrons. The van der Waals surface area contributed by atoms with Crippen LogP contribution in [0, 0.1) is 5.92 Å². The van der Waals surface area contributed by atoms with Crippen LogP contribution in [0.1, 0.15) is 20.3 Å². The number of nitrogens with zero attached hydrogens (tertiary/aromatic N) is 1. The minimum absolute atomic E-state index is 0.632. The zero-order valence-electron chi connectivity index (χ0n) is 6.15. The summed E-state index contributed by atoms with van der Waals surface area (Å²) < 4.78 is 0. The van der Waals surface area contributed by atoms with Gasteiger partial charge in [0.1, 0.15) is 0 Å². The summed E-state index contributed by atoms with van der Waals surface area (Å²) in [6.07, 6.45) is 1.19. The number of nitrogens with one attached hydrogen (secondary N) is 1. The Bertz CT molecular complexity index is 118. The second-order valence-corrected chi connectivity index (χ2v) is 2.50. The van der Waals surface area contributed by atoms with E-state index in [0.29, 0.717) is 5.92 Å². The maximum absolute atomic E-state index is 4.31. The molecule has 1 N–H and O–H groups in total. The second-order valence-electron chi connectivity index (χ2n) is 2.50. The lowest BCUT2D eigenvalue weighted by Gasteiger charge is -2.07. The molecule has 0 amide bonds. The summed E-state index contributed by atoms with van der Waals surface area (Å²) in [6.45, 7) is 6.41. The summed E-state index contributed by atoms with van der Waals surface area (Å²) in [4.78, 5) is 4.31. The van der Waals surface area contributed by atoms with E-state index in [1.807, 2.05) is 0 Å². The molecule has 1 heterocycles. The van der Waals surface area contributed by atoms with Crippen LogP contribution in [0.4, 0.5) is 0 Å². The van der Waals surface area contributed by atoms with Gasteiger partial charge in [-0.3, -0.25) is 4.99 Å². The van der Waals surface area contributed by atoms with Crippen molar-refractivity contribution in [2.75, 3.05) is 13.1 Å². The predicted octanol–water partition coefficient (Wildman–Crippen LogP) is 1.03. The molecule has 1 aliphatic rings. The van der Waals surface area contributed by atoms with E-state index in [0.717, 1.165) is 13.1 Å². The van der Waals surface area contributed by atoms with E-state index < -0.39 is 0 Å². The number of hydrogen-bond acceptors (Lipinski definition) is 2. The van der Waals surface area contributed by atoms with Gasteiger partial charge in [-0.25, -0.2) is 0 Å². The Morgan fingerprint density at radius 3 is 3.00 bits per heavy atom. The van der Waals surface area contributed by atoms with Gasteiger partial charge in [0.05, 0.1) is 12.4 Å². The maximum atomic E-state index is 4.31. The molecule has 0 aromatic rings. The largest absolute Gasteiger partial charge is 0.372 e. The lowest BCUT2D eigenvalue weighted by Crippen LogP contribution is -2.24. The van der Waals surface area contributed by atoms with Crippen molar-refractivity contribution >= 4 is 5.84 Å². The van der Waals surface area contributed by atoms with Gasteiger partial charge in [0.25, 0.3) is 0 Å². The monoisotopic (exact) mass is 126 g/mol. The molecule has 0 aliphatic carbocycles. The van der Waals surface area contributed by atoms with Crippen molar-refractivity contribution in [2.45, 2.75) is 20.3 Å². The van der Waals surface area contributed by atoms with E-state index in [1.165, 1.54) is 12.3 Å². The highest BCUT2D eigenvalue weighted by Gasteiger charge is 2.10. The van der Waals surface area contributed by atoms with Crippen molar-refractivity contribution in [3.05, 3.63) is 0 Å². The first-order chi connectivity index (χ1) is 4.34. The molecule has 0 bridgehead atoms. The second kappa shape index (κ2) is 2.85. The molecule has 2 heteroatoms. The van der Waals surface area contributed by atoms with Gasteiger partial charge in [-0.05, 0) is 6.42 Å². The van der Waals surface area contributed by atoms with Crippen LogP contribution in [0.3, 0.4) is 0 Å². The zero-order valence-corrected chi connectivity index (χ0v) is 6.15. The van der Waals surface area contributed by atoms with Crippen LogP contribution in [0.2, 0.25) is 0 Å². The first-order valence-corrected chi connectivity index (χ1v) is 3.62. The van der Waals surface area contributed by atoms with Crippen LogP contribution >= 0.6 is 0 Å². The van der Waals surface area contributed by atoms with Crippen molar-refractivity contribution < 1.29 is 0 Å². The third-order valence-corrected chi connectivity index (χ3v) is 1.78. The third-order valence-electron chi connectivity index (χ3n) is 1.78. The van der Waals surface area contributed by atoms with E-state index >= 15 is 0 Å². The fourth-order valence-electron chi connectivity index (χ4n) is 0.940. The van der Waals surface area contributed by atoms with Gasteiger partial charge in [-0.15, -0.1) is 0 Å². The Kier molecular flexibility index (Phi) is 2.09. The van der Waals surface area contributed by atoms with Crippen molar-refractivity contribution in [2.24, 2.45) is 10.9 Å². The van der Waals surface area contributed by atoms with E-state index in [1.54, 1.807) is 0 Å². The summed E-state index contributed by atoms with van der Waals surface area (Å²) >= 11 is 0. The number of aliphatic imine (C=N–C) groups is 1. The Balaban J connectivity index is 2.40. The van der Waals surface area contributed by atoms with E-state index in [-0.39, 0.29) is 0 Å². The van der Waals surface area contributed by atoms with Crippen molar-refractivity contribution in [3.63, 3.8) is 0 Å². The van der Waals surface area contributed by atoms with E-state index in [4.69, 9.17) is 0 Å². The van der Waals surface area contributed by atoms with Crippen molar-refractivity contribution in [1.29, 1.82) is 0 Å². The molecule has 0 saturated carbocycles. The lowest BCUT2D eigenvalue weighted by atomic mass is 10.1. The summed E-state index contributed by atoms with van der Waals surface area (Å²) in [7, 11) is 0. The Labute approximate surface area is 56.4 Å². The summed E-state index contributed by atoms with van der Waals surface area (Å²) in [5, 5.41) is 3.26. The third kappa shape index (κ3) is 1.44. The topological polar surface area (TPSA) is 24.4 Å². The quantitative estimate of drug-likeness (QED) is 0.587. The molecule has 2 nitrogen and oxygen atoms in total. The Morgan fingerprint density at radius 1 is 1.78 bits per heavy atom. The van der Waals surface area contributed by atoms with Crippen LogP contribution in [-0.2, 0) is 0 Å². The van der Waals surface area contributed by atoms with Gasteiger partial charge in [-0.1, -0.05) is 13.8 Å². The minimum atomic E-state index is 0.632. The zero-order chi connectivity index (χ0) is 6.69. The van der Waals surface area contributed by atoms with Gasteiger partial charge in [0, 0.05) is 12.5 Å². The normalized spacial score (nSPS) is 20.9. The molecule has 1 aliphatic heterocycles. The van der Waals surface area contributed by atoms with Gasteiger partial charge in [0.15, 0.2) is 0 Å². The molecular weight excluding hydrogens is 112 g/mol. The fourth-order valence-corrected chi connectivity index (χ4v) is 0.940. The van der Waals surface area contributed by atoms with Crippen LogP contribution in [0.25, 0.3) is 0 Å². The highest BCUT2D eigenvalue weighted by molar-refractivity contribution is 5.85. The standard InChI is InChI=1S/C7H14N2/c1-3-6(2)7-8-4-5-9-7/h6H,3-5H2,1-2H3,(H,8,9). The Morgan fingerprint density at radius 2 is 2.56 bits per heavy atom. The maximum Gasteiger partial charge on any atom is 0.0992 e. The molecule has 0 radical (unpaired) electrons. The predicted molar refractivity (Wildman–Crippen MR) is 39.8 cm³/mol. The van der Waals surface area contributed by atoms with Gasteiger partial charge < -0.3 is 5.32 Å². The molecule has 0 aromatic heterocycles. The SMILES string of the molecule is CCC(C)C1=NCCN1.